The molecular weight excluding hydrogens is 347 g/mol. The van der Waals surface area contributed by atoms with Crippen LogP contribution in [0.15, 0.2) is 0 Å². The number of alkyl halides is 13. The topological polar surface area (TPSA) is 9.23 Å². The quantitative estimate of drug-likeness (QED) is 0.689. The molecule has 0 fully saturated rings. The van der Waals surface area contributed by atoms with Crippen LogP contribution >= 0.6 is 0 Å². The molecule has 128 valence electrons. The second kappa shape index (κ2) is 4.78. The van der Waals surface area contributed by atoms with Gasteiger partial charge in [0.25, 0.3) is 0 Å². The number of hydrogen-bond donors (Lipinski definition) is 0. The first-order valence-corrected chi connectivity index (χ1v) is 4.32. The third kappa shape index (κ3) is 2.50. The van der Waals surface area contributed by atoms with Crippen molar-refractivity contribution in [2.75, 3.05) is 7.11 Å². The standard InChI is InChI=1S/C7H3F13O/c1-21-2(5(12,13)14,3(8,9)6(15,16)17)4(10,11)7(18,19)20/h1H3. The van der Waals surface area contributed by atoms with Crippen LogP contribution in [0.1, 0.15) is 0 Å². The predicted octanol–water partition coefficient (Wildman–Crippen LogP) is 4.33. The van der Waals surface area contributed by atoms with Crippen molar-refractivity contribution in [2.24, 2.45) is 0 Å². The molecule has 14 heteroatoms. The lowest BCUT2D eigenvalue weighted by molar-refractivity contribution is -0.481. The molecule has 1 nitrogen and oxygen atoms in total. The van der Waals surface area contributed by atoms with Crippen molar-refractivity contribution < 1.29 is 61.8 Å². The van der Waals surface area contributed by atoms with Gasteiger partial charge in [0, 0.05) is 7.11 Å². The minimum atomic E-state index is -7.59. The van der Waals surface area contributed by atoms with E-state index >= 15 is 0 Å². The summed E-state index contributed by atoms with van der Waals surface area (Å²) in [7, 11) is -0.771. The Hall–Kier alpha value is -0.950. The summed E-state index contributed by atoms with van der Waals surface area (Å²) >= 11 is 0. The van der Waals surface area contributed by atoms with Crippen molar-refractivity contribution in [3.63, 3.8) is 0 Å². The van der Waals surface area contributed by atoms with Crippen molar-refractivity contribution in [3.05, 3.63) is 0 Å². The monoisotopic (exact) mass is 350 g/mol. The molecule has 0 aliphatic carbocycles. The Morgan fingerprint density at radius 2 is 0.714 bits per heavy atom. The largest absolute Gasteiger partial charge is 0.457 e. The Morgan fingerprint density at radius 3 is 0.810 bits per heavy atom. The molecule has 0 rings (SSSR count). The van der Waals surface area contributed by atoms with Gasteiger partial charge in [-0.15, -0.1) is 0 Å². The van der Waals surface area contributed by atoms with Gasteiger partial charge in [0.05, 0.1) is 0 Å². The lowest BCUT2D eigenvalue weighted by Gasteiger charge is -2.44. The molecule has 21 heavy (non-hydrogen) atoms. The van der Waals surface area contributed by atoms with Gasteiger partial charge in [-0.05, 0) is 0 Å². The first-order valence-electron chi connectivity index (χ1n) is 4.32. The van der Waals surface area contributed by atoms with Crippen LogP contribution in [0.2, 0.25) is 0 Å². The highest BCUT2D eigenvalue weighted by atomic mass is 19.4. The van der Waals surface area contributed by atoms with E-state index < -0.39 is 43.1 Å². The molecule has 0 saturated carbocycles. The van der Waals surface area contributed by atoms with Crippen molar-refractivity contribution in [1.82, 2.24) is 0 Å². The number of ether oxygens (including phenoxy) is 1. The highest BCUT2D eigenvalue weighted by Gasteiger charge is 2.94. The zero-order valence-electron chi connectivity index (χ0n) is 9.32. The minimum absolute atomic E-state index is 0.771. The second-order valence-electron chi connectivity index (χ2n) is 3.53. The third-order valence-electron chi connectivity index (χ3n) is 2.30. The first kappa shape index (κ1) is 20.1. The zero-order chi connectivity index (χ0) is 17.7. The van der Waals surface area contributed by atoms with Gasteiger partial charge < -0.3 is 4.74 Å². The molecule has 0 aromatic carbocycles. The second-order valence-corrected chi connectivity index (χ2v) is 3.53. The van der Waals surface area contributed by atoms with E-state index in [-0.39, 0.29) is 0 Å². The van der Waals surface area contributed by atoms with E-state index in [1.807, 2.05) is 0 Å². The number of rotatable bonds is 3. The fourth-order valence-electron chi connectivity index (χ4n) is 1.32. The molecular formula is C7H3F13O. The number of hydrogen-bond acceptors (Lipinski definition) is 1. The van der Waals surface area contributed by atoms with E-state index in [0.29, 0.717) is 0 Å². The maximum Gasteiger partial charge on any atom is 0.457 e. The Morgan fingerprint density at radius 1 is 0.476 bits per heavy atom. The zero-order valence-corrected chi connectivity index (χ0v) is 9.32. The molecule has 0 heterocycles. The Kier molecular flexibility index (Phi) is 4.56. The summed E-state index contributed by atoms with van der Waals surface area (Å²) in [6, 6.07) is 0. The Balaban J connectivity index is 6.74. The summed E-state index contributed by atoms with van der Waals surface area (Å²) in [6.07, 6.45) is -22.2. The smallest absolute Gasteiger partial charge is 0.359 e. The maximum atomic E-state index is 12.8. The number of halogens is 13. The van der Waals surface area contributed by atoms with Crippen LogP contribution in [0, 0.1) is 0 Å². The Labute approximate surface area is 106 Å². The average molecular weight is 350 g/mol. The van der Waals surface area contributed by atoms with Crippen LogP contribution in [0.4, 0.5) is 57.1 Å². The molecule has 0 unspecified atom stereocenters. The summed E-state index contributed by atoms with van der Waals surface area (Å²) in [5.74, 6) is -15.2. The van der Waals surface area contributed by atoms with Crippen molar-refractivity contribution in [3.8, 4) is 0 Å². The Bertz CT molecular complexity index is 345. The van der Waals surface area contributed by atoms with Crippen LogP contribution in [-0.4, -0.2) is 43.1 Å². The van der Waals surface area contributed by atoms with Crippen molar-refractivity contribution in [2.45, 2.75) is 36.0 Å². The predicted molar refractivity (Wildman–Crippen MR) is 37.8 cm³/mol. The molecule has 0 aliphatic rings. The van der Waals surface area contributed by atoms with Crippen molar-refractivity contribution in [1.29, 1.82) is 0 Å². The van der Waals surface area contributed by atoms with Crippen LogP contribution < -0.4 is 0 Å². The maximum absolute atomic E-state index is 12.8. The van der Waals surface area contributed by atoms with Gasteiger partial charge in [0.2, 0.25) is 0 Å². The first-order chi connectivity index (χ1) is 8.81. The van der Waals surface area contributed by atoms with E-state index in [4.69, 9.17) is 0 Å². The van der Waals surface area contributed by atoms with Crippen LogP contribution in [0.25, 0.3) is 0 Å². The van der Waals surface area contributed by atoms with E-state index in [9.17, 15) is 57.1 Å². The van der Waals surface area contributed by atoms with E-state index in [1.165, 1.54) is 0 Å². The molecule has 0 aliphatic heterocycles. The lowest BCUT2D eigenvalue weighted by atomic mass is 9.85. The van der Waals surface area contributed by atoms with Gasteiger partial charge in [-0.25, -0.2) is 0 Å². The highest BCUT2D eigenvalue weighted by Crippen LogP contribution is 2.62. The van der Waals surface area contributed by atoms with E-state index in [0.717, 1.165) is 0 Å². The molecule has 0 aromatic heterocycles. The van der Waals surface area contributed by atoms with Gasteiger partial charge in [0.15, 0.2) is 0 Å². The molecule has 0 amide bonds. The fourth-order valence-corrected chi connectivity index (χ4v) is 1.32. The van der Waals surface area contributed by atoms with Crippen LogP contribution in [0.5, 0.6) is 0 Å². The van der Waals surface area contributed by atoms with E-state index in [2.05, 4.69) is 4.74 Å². The fraction of sp³-hybridized carbons (Fsp3) is 1.00. The highest BCUT2D eigenvalue weighted by molar-refractivity contribution is 5.15. The van der Waals surface area contributed by atoms with Crippen LogP contribution in [0.3, 0.4) is 0 Å². The molecule has 0 radical (unpaired) electrons. The SMILES string of the molecule is COC(C(F)(F)F)(C(F)(F)C(F)(F)F)C(F)(F)C(F)(F)F. The van der Waals surface area contributed by atoms with Crippen LogP contribution in [-0.2, 0) is 4.74 Å². The van der Waals surface area contributed by atoms with Gasteiger partial charge in [-0.2, -0.15) is 57.1 Å². The van der Waals surface area contributed by atoms with Gasteiger partial charge in [0.1, 0.15) is 0 Å². The van der Waals surface area contributed by atoms with E-state index in [1.54, 1.807) is 0 Å². The molecule has 0 saturated heterocycles. The van der Waals surface area contributed by atoms with Crippen molar-refractivity contribution >= 4 is 0 Å². The molecule has 0 N–H and O–H groups in total. The minimum Gasteiger partial charge on any atom is -0.359 e. The molecule has 0 aromatic rings. The molecule has 0 spiro atoms. The van der Waals surface area contributed by atoms with Gasteiger partial charge in [-0.1, -0.05) is 0 Å². The summed E-state index contributed by atoms with van der Waals surface area (Å²) in [6.45, 7) is 0. The summed E-state index contributed by atoms with van der Waals surface area (Å²) in [4.78, 5) is 0. The summed E-state index contributed by atoms with van der Waals surface area (Å²) < 4.78 is 162. The third-order valence-corrected chi connectivity index (χ3v) is 2.30. The summed E-state index contributed by atoms with van der Waals surface area (Å²) in [5, 5.41) is 0. The number of methoxy groups -OCH3 is 1. The lowest BCUT2D eigenvalue weighted by Crippen LogP contribution is -2.77. The normalized spacial score (nSPS) is 16.3. The summed E-state index contributed by atoms with van der Waals surface area (Å²) in [5.41, 5.74) is -7.18. The molecule has 0 bridgehead atoms. The average Bonchev–Trinajstić information content (AvgIpc) is 2.11. The van der Waals surface area contributed by atoms with Gasteiger partial charge >= 0.3 is 36.0 Å². The van der Waals surface area contributed by atoms with Gasteiger partial charge in [-0.3, -0.25) is 0 Å². The molecule has 0 atom stereocenters.